The standard InChI is InChI=1S/C15H18N2O3/c1-3-17(8-13-6-4-5-11(2)16-13)9-14-7-12(10-20-14)15(18)19/h4-7,10H,3,8-9H2,1-2H3,(H,18,19). The molecule has 2 rings (SSSR count). The van der Waals surface area contributed by atoms with Crippen molar-refractivity contribution < 1.29 is 14.3 Å². The Kier molecular flexibility index (Phi) is 4.53. The summed E-state index contributed by atoms with van der Waals surface area (Å²) in [5.41, 5.74) is 2.17. The quantitative estimate of drug-likeness (QED) is 0.877. The van der Waals surface area contributed by atoms with Gasteiger partial charge < -0.3 is 9.52 Å². The van der Waals surface area contributed by atoms with E-state index in [1.807, 2.05) is 25.1 Å². The number of aromatic nitrogens is 1. The lowest BCUT2D eigenvalue weighted by atomic mass is 10.2. The van der Waals surface area contributed by atoms with Crippen LogP contribution in [0.25, 0.3) is 0 Å². The van der Waals surface area contributed by atoms with Crippen LogP contribution in [0.1, 0.15) is 34.4 Å². The molecule has 0 atom stereocenters. The minimum Gasteiger partial charge on any atom is -0.478 e. The lowest BCUT2D eigenvalue weighted by Crippen LogP contribution is -2.22. The molecular weight excluding hydrogens is 256 g/mol. The van der Waals surface area contributed by atoms with Gasteiger partial charge >= 0.3 is 5.97 Å². The fourth-order valence-corrected chi connectivity index (χ4v) is 1.99. The number of carbonyl (C=O) groups is 1. The Morgan fingerprint density at radius 2 is 2.20 bits per heavy atom. The number of furan rings is 1. The molecule has 0 aliphatic heterocycles. The van der Waals surface area contributed by atoms with E-state index in [1.165, 1.54) is 6.26 Å². The van der Waals surface area contributed by atoms with Gasteiger partial charge in [-0.2, -0.15) is 0 Å². The van der Waals surface area contributed by atoms with Crippen LogP contribution in [0, 0.1) is 6.92 Å². The van der Waals surface area contributed by atoms with Crippen molar-refractivity contribution in [1.82, 2.24) is 9.88 Å². The van der Waals surface area contributed by atoms with Crippen molar-refractivity contribution in [1.29, 1.82) is 0 Å². The smallest absolute Gasteiger partial charge is 0.338 e. The maximum absolute atomic E-state index is 10.8. The molecule has 5 heteroatoms. The number of hydrogen-bond donors (Lipinski definition) is 1. The molecule has 0 amide bonds. The zero-order chi connectivity index (χ0) is 14.5. The molecule has 0 fully saturated rings. The van der Waals surface area contributed by atoms with E-state index >= 15 is 0 Å². The van der Waals surface area contributed by atoms with Gasteiger partial charge in [-0.05, 0) is 31.7 Å². The van der Waals surface area contributed by atoms with E-state index in [0.29, 0.717) is 18.8 Å². The van der Waals surface area contributed by atoms with Crippen LogP contribution < -0.4 is 0 Å². The summed E-state index contributed by atoms with van der Waals surface area (Å²) in [7, 11) is 0. The van der Waals surface area contributed by atoms with Crippen LogP contribution in [0.2, 0.25) is 0 Å². The van der Waals surface area contributed by atoms with E-state index in [-0.39, 0.29) is 5.56 Å². The topological polar surface area (TPSA) is 66.6 Å². The lowest BCUT2D eigenvalue weighted by molar-refractivity contribution is 0.0696. The average molecular weight is 274 g/mol. The third kappa shape index (κ3) is 3.68. The lowest BCUT2D eigenvalue weighted by Gasteiger charge is -2.18. The minimum absolute atomic E-state index is 0.185. The summed E-state index contributed by atoms with van der Waals surface area (Å²) in [6, 6.07) is 7.50. The summed E-state index contributed by atoms with van der Waals surface area (Å²) in [5, 5.41) is 8.87. The van der Waals surface area contributed by atoms with Crippen molar-refractivity contribution >= 4 is 5.97 Å². The van der Waals surface area contributed by atoms with Gasteiger partial charge in [-0.15, -0.1) is 0 Å². The fourth-order valence-electron chi connectivity index (χ4n) is 1.99. The van der Waals surface area contributed by atoms with Gasteiger partial charge in [0.1, 0.15) is 12.0 Å². The number of pyridine rings is 1. The fraction of sp³-hybridized carbons (Fsp3) is 0.333. The second-order valence-electron chi connectivity index (χ2n) is 4.68. The molecule has 0 aliphatic carbocycles. The van der Waals surface area contributed by atoms with E-state index < -0.39 is 5.97 Å². The zero-order valence-corrected chi connectivity index (χ0v) is 11.7. The second kappa shape index (κ2) is 6.34. The van der Waals surface area contributed by atoms with Crippen LogP contribution in [0.5, 0.6) is 0 Å². The molecule has 0 aliphatic rings. The van der Waals surface area contributed by atoms with Gasteiger partial charge in [0.05, 0.1) is 17.8 Å². The SMILES string of the molecule is CCN(Cc1cccc(C)n1)Cc1cc(C(=O)O)co1. The van der Waals surface area contributed by atoms with Crippen molar-refractivity contribution in [3.63, 3.8) is 0 Å². The van der Waals surface area contributed by atoms with Crippen LogP contribution >= 0.6 is 0 Å². The van der Waals surface area contributed by atoms with Crippen molar-refractivity contribution in [2.24, 2.45) is 0 Å². The number of carboxylic acid groups (broad SMARTS) is 1. The van der Waals surface area contributed by atoms with E-state index in [1.54, 1.807) is 6.07 Å². The van der Waals surface area contributed by atoms with Crippen molar-refractivity contribution in [2.45, 2.75) is 26.9 Å². The molecule has 0 saturated heterocycles. The predicted molar refractivity (Wildman–Crippen MR) is 74.4 cm³/mol. The zero-order valence-electron chi connectivity index (χ0n) is 11.7. The summed E-state index contributed by atoms with van der Waals surface area (Å²) in [6.07, 6.45) is 1.27. The van der Waals surface area contributed by atoms with Crippen LogP contribution in [0.15, 0.2) is 34.9 Å². The van der Waals surface area contributed by atoms with E-state index in [4.69, 9.17) is 9.52 Å². The van der Waals surface area contributed by atoms with Crippen LogP contribution in [0.4, 0.5) is 0 Å². The van der Waals surface area contributed by atoms with Crippen LogP contribution in [-0.2, 0) is 13.1 Å². The Bertz CT molecular complexity index is 592. The average Bonchev–Trinajstić information content (AvgIpc) is 2.87. The van der Waals surface area contributed by atoms with Gasteiger partial charge in [0.2, 0.25) is 0 Å². The summed E-state index contributed by atoms with van der Waals surface area (Å²) >= 11 is 0. The highest BCUT2D eigenvalue weighted by atomic mass is 16.4. The Morgan fingerprint density at radius 1 is 1.40 bits per heavy atom. The first-order chi connectivity index (χ1) is 9.58. The van der Waals surface area contributed by atoms with E-state index in [2.05, 4.69) is 16.8 Å². The Morgan fingerprint density at radius 3 is 2.80 bits per heavy atom. The highest BCUT2D eigenvalue weighted by molar-refractivity contribution is 5.87. The van der Waals surface area contributed by atoms with Gasteiger partial charge in [0.25, 0.3) is 0 Å². The molecular formula is C15H18N2O3. The van der Waals surface area contributed by atoms with Crippen molar-refractivity contribution in [3.8, 4) is 0 Å². The molecule has 106 valence electrons. The molecule has 2 aromatic rings. The van der Waals surface area contributed by atoms with Gasteiger partial charge in [0.15, 0.2) is 0 Å². The van der Waals surface area contributed by atoms with Crippen LogP contribution in [-0.4, -0.2) is 27.5 Å². The minimum atomic E-state index is -0.969. The van der Waals surface area contributed by atoms with Gasteiger partial charge in [-0.3, -0.25) is 9.88 Å². The molecule has 0 unspecified atom stereocenters. The molecule has 5 nitrogen and oxygen atoms in total. The highest BCUT2D eigenvalue weighted by Gasteiger charge is 2.12. The maximum atomic E-state index is 10.8. The monoisotopic (exact) mass is 274 g/mol. The van der Waals surface area contributed by atoms with Crippen molar-refractivity contribution in [3.05, 3.63) is 53.2 Å². The third-order valence-electron chi connectivity index (χ3n) is 3.06. The molecule has 0 aromatic carbocycles. The highest BCUT2D eigenvalue weighted by Crippen LogP contribution is 2.12. The van der Waals surface area contributed by atoms with Gasteiger partial charge in [-0.25, -0.2) is 4.79 Å². The van der Waals surface area contributed by atoms with E-state index in [0.717, 1.165) is 17.9 Å². The number of aromatic carboxylic acids is 1. The summed E-state index contributed by atoms with van der Waals surface area (Å²) < 4.78 is 5.28. The van der Waals surface area contributed by atoms with Gasteiger partial charge in [-0.1, -0.05) is 13.0 Å². The van der Waals surface area contributed by atoms with Crippen molar-refractivity contribution in [2.75, 3.05) is 6.54 Å². The van der Waals surface area contributed by atoms with Crippen LogP contribution in [0.3, 0.4) is 0 Å². The molecule has 0 saturated carbocycles. The number of hydrogen-bond acceptors (Lipinski definition) is 4. The normalized spacial score (nSPS) is 10.9. The first-order valence-corrected chi connectivity index (χ1v) is 6.54. The Hall–Kier alpha value is -2.14. The number of carboxylic acids is 1. The molecule has 20 heavy (non-hydrogen) atoms. The summed E-state index contributed by atoms with van der Waals surface area (Å²) in [4.78, 5) is 17.4. The number of aryl methyl sites for hydroxylation is 1. The van der Waals surface area contributed by atoms with E-state index in [9.17, 15) is 4.79 Å². The summed E-state index contributed by atoms with van der Waals surface area (Å²) in [5.74, 6) is -0.319. The number of nitrogens with zero attached hydrogens (tertiary/aromatic N) is 2. The molecule has 1 N–H and O–H groups in total. The Balaban J connectivity index is 2.03. The molecule has 0 bridgehead atoms. The largest absolute Gasteiger partial charge is 0.478 e. The predicted octanol–water partition coefficient (Wildman–Crippen LogP) is 2.70. The number of rotatable bonds is 6. The maximum Gasteiger partial charge on any atom is 0.338 e. The third-order valence-corrected chi connectivity index (χ3v) is 3.06. The molecule has 0 radical (unpaired) electrons. The first kappa shape index (κ1) is 14.3. The molecule has 2 aromatic heterocycles. The molecule has 2 heterocycles. The first-order valence-electron chi connectivity index (χ1n) is 6.54. The van der Waals surface area contributed by atoms with Gasteiger partial charge in [0, 0.05) is 12.2 Å². The second-order valence-corrected chi connectivity index (χ2v) is 4.68. The summed E-state index contributed by atoms with van der Waals surface area (Å²) in [6.45, 7) is 6.13. The Labute approximate surface area is 117 Å². The molecule has 0 spiro atoms.